The number of aromatic carboxylic acids is 2. The van der Waals surface area contributed by atoms with Crippen LogP contribution in [-0.4, -0.2) is 36.2 Å². The summed E-state index contributed by atoms with van der Waals surface area (Å²) in [7, 11) is 3.07. The molecule has 1 rings (SSSR count). The predicted octanol–water partition coefficient (Wildman–Crippen LogP) is 1.17. The Balaban J connectivity index is 3.46. The summed E-state index contributed by atoms with van der Waals surface area (Å²) in [5.41, 5.74) is 0.585. The maximum Gasteiger partial charge on any atom is 0.337 e. The van der Waals surface area contributed by atoms with Crippen LogP contribution in [0.2, 0.25) is 0 Å². The van der Waals surface area contributed by atoms with E-state index in [0.29, 0.717) is 0 Å². The Hall–Kier alpha value is -2.24. The van der Waals surface area contributed by atoms with Gasteiger partial charge >= 0.3 is 11.9 Å². The van der Waals surface area contributed by atoms with Gasteiger partial charge in [-0.2, -0.15) is 0 Å². The summed E-state index contributed by atoms with van der Waals surface area (Å²) in [6.07, 6.45) is 0. The van der Waals surface area contributed by atoms with Crippen molar-refractivity contribution in [3.63, 3.8) is 0 Å². The summed E-state index contributed by atoms with van der Waals surface area (Å²) in [6, 6.07) is 2.58. The molecule has 0 radical (unpaired) electrons. The van der Waals surface area contributed by atoms with E-state index in [1.54, 1.807) is 0 Å². The van der Waals surface area contributed by atoms with E-state index >= 15 is 0 Å². The summed E-state index contributed by atoms with van der Waals surface area (Å²) in [5.74, 6) is -2.23. The Morgan fingerprint density at radius 2 is 1.25 bits per heavy atom. The molecule has 6 nitrogen and oxygen atoms in total. The Bertz CT molecular complexity index is 401. The minimum absolute atomic E-state index is 0.0249. The molecule has 0 fully saturated rings. The van der Waals surface area contributed by atoms with Gasteiger partial charge in [0.15, 0.2) is 0 Å². The molecule has 0 saturated carbocycles. The molecule has 1 aromatic rings. The van der Waals surface area contributed by atoms with Gasteiger partial charge in [0, 0.05) is 25.5 Å². The Morgan fingerprint density at radius 3 is 1.44 bits per heavy atom. The molecule has 86 valence electrons. The lowest BCUT2D eigenvalue weighted by molar-refractivity contribution is 0.0682. The first kappa shape index (κ1) is 11.8. The Labute approximate surface area is 91.9 Å². The molecule has 0 aliphatic carbocycles. The van der Waals surface area contributed by atoms with E-state index in [2.05, 4.69) is 10.6 Å². The summed E-state index contributed by atoms with van der Waals surface area (Å²) in [5, 5.41) is 23.2. The van der Waals surface area contributed by atoms with Crippen LogP contribution in [0.1, 0.15) is 20.7 Å². The Kier molecular flexibility index (Phi) is 3.34. The number of hydrogen-bond acceptors (Lipinski definition) is 4. The highest BCUT2D eigenvalue weighted by atomic mass is 16.4. The van der Waals surface area contributed by atoms with Gasteiger partial charge in [-0.1, -0.05) is 0 Å². The fourth-order valence-electron chi connectivity index (χ4n) is 1.37. The van der Waals surface area contributed by atoms with Crippen LogP contribution in [0.25, 0.3) is 0 Å². The molecule has 6 heteroatoms. The maximum atomic E-state index is 10.9. The van der Waals surface area contributed by atoms with Gasteiger partial charge in [0.05, 0.1) is 11.1 Å². The zero-order valence-electron chi connectivity index (χ0n) is 8.87. The largest absolute Gasteiger partial charge is 0.478 e. The Morgan fingerprint density at radius 1 is 0.938 bits per heavy atom. The van der Waals surface area contributed by atoms with Crippen molar-refractivity contribution in [3.05, 3.63) is 23.3 Å². The van der Waals surface area contributed by atoms with Gasteiger partial charge in [0.25, 0.3) is 0 Å². The first-order valence-electron chi connectivity index (χ1n) is 4.51. The molecule has 0 spiro atoms. The molecule has 0 amide bonds. The van der Waals surface area contributed by atoms with Crippen molar-refractivity contribution in [1.82, 2.24) is 0 Å². The number of carbonyl (C=O) groups is 2. The van der Waals surface area contributed by atoms with Crippen LogP contribution in [0.3, 0.4) is 0 Å². The van der Waals surface area contributed by atoms with Crippen LogP contribution in [0.5, 0.6) is 0 Å². The smallest absolute Gasteiger partial charge is 0.337 e. The number of anilines is 2. The second-order valence-electron chi connectivity index (χ2n) is 3.05. The van der Waals surface area contributed by atoms with Crippen molar-refractivity contribution in [2.45, 2.75) is 0 Å². The van der Waals surface area contributed by atoms with E-state index in [4.69, 9.17) is 10.2 Å². The molecule has 4 N–H and O–H groups in total. The van der Waals surface area contributed by atoms with Crippen LogP contribution >= 0.6 is 0 Å². The standard InChI is InChI=1S/C10H12N2O4/c1-11-7-3-6(10(15)16)8(12-2)4-5(7)9(13)14/h3-4,11-12H,1-2H3,(H,13,14)(H,15,16). The molecule has 1 aromatic carbocycles. The fourth-order valence-corrected chi connectivity index (χ4v) is 1.37. The van der Waals surface area contributed by atoms with Gasteiger partial charge in [0.1, 0.15) is 0 Å². The number of carboxylic acid groups (broad SMARTS) is 2. The molecular formula is C10H12N2O4. The lowest BCUT2D eigenvalue weighted by Crippen LogP contribution is -2.09. The van der Waals surface area contributed by atoms with E-state index < -0.39 is 11.9 Å². The normalized spacial score (nSPS) is 9.62. The van der Waals surface area contributed by atoms with E-state index in [1.807, 2.05) is 0 Å². The lowest BCUT2D eigenvalue weighted by Gasteiger charge is -2.11. The van der Waals surface area contributed by atoms with Crippen molar-refractivity contribution >= 4 is 23.3 Å². The highest BCUT2D eigenvalue weighted by Gasteiger charge is 2.17. The van der Waals surface area contributed by atoms with E-state index in [1.165, 1.54) is 26.2 Å². The van der Waals surface area contributed by atoms with Gasteiger partial charge in [0.2, 0.25) is 0 Å². The second kappa shape index (κ2) is 4.52. The molecule has 0 heterocycles. The molecule has 0 aromatic heterocycles. The predicted molar refractivity (Wildman–Crippen MR) is 59.5 cm³/mol. The highest BCUT2D eigenvalue weighted by Crippen LogP contribution is 2.25. The third-order valence-electron chi connectivity index (χ3n) is 2.16. The minimum Gasteiger partial charge on any atom is -0.478 e. The van der Waals surface area contributed by atoms with Crippen molar-refractivity contribution in [2.24, 2.45) is 0 Å². The molecule has 0 bridgehead atoms. The van der Waals surface area contributed by atoms with Gasteiger partial charge in [-0.25, -0.2) is 9.59 Å². The van der Waals surface area contributed by atoms with Crippen molar-refractivity contribution < 1.29 is 19.8 Å². The molecular weight excluding hydrogens is 212 g/mol. The lowest BCUT2D eigenvalue weighted by atomic mass is 10.1. The number of nitrogens with one attached hydrogen (secondary N) is 2. The number of benzene rings is 1. The monoisotopic (exact) mass is 224 g/mol. The number of rotatable bonds is 4. The van der Waals surface area contributed by atoms with E-state index in [9.17, 15) is 9.59 Å². The first-order valence-corrected chi connectivity index (χ1v) is 4.51. The summed E-state index contributed by atoms with van der Waals surface area (Å²) in [4.78, 5) is 21.8. The zero-order chi connectivity index (χ0) is 12.3. The van der Waals surface area contributed by atoms with Gasteiger partial charge in [-0.3, -0.25) is 0 Å². The SMILES string of the molecule is CNc1cc(C(=O)O)c(NC)cc1C(=O)O. The zero-order valence-corrected chi connectivity index (χ0v) is 8.87. The third-order valence-corrected chi connectivity index (χ3v) is 2.16. The van der Waals surface area contributed by atoms with Crippen LogP contribution in [0.4, 0.5) is 11.4 Å². The molecule has 0 unspecified atom stereocenters. The van der Waals surface area contributed by atoms with Crippen LogP contribution in [-0.2, 0) is 0 Å². The average molecular weight is 224 g/mol. The summed E-state index contributed by atoms with van der Waals surface area (Å²) >= 11 is 0. The van der Waals surface area contributed by atoms with Gasteiger partial charge in [-0.15, -0.1) is 0 Å². The average Bonchev–Trinajstić information content (AvgIpc) is 2.26. The summed E-state index contributed by atoms with van der Waals surface area (Å²) < 4.78 is 0. The van der Waals surface area contributed by atoms with Crippen LogP contribution in [0, 0.1) is 0 Å². The third kappa shape index (κ3) is 2.05. The van der Waals surface area contributed by atoms with Crippen LogP contribution in [0.15, 0.2) is 12.1 Å². The van der Waals surface area contributed by atoms with Crippen molar-refractivity contribution in [3.8, 4) is 0 Å². The fraction of sp³-hybridized carbons (Fsp3) is 0.200. The van der Waals surface area contributed by atoms with E-state index in [0.717, 1.165) is 0 Å². The van der Waals surface area contributed by atoms with Crippen molar-refractivity contribution in [2.75, 3.05) is 24.7 Å². The number of hydrogen-bond donors (Lipinski definition) is 4. The second-order valence-corrected chi connectivity index (χ2v) is 3.05. The van der Waals surface area contributed by atoms with Crippen molar-refractivity contribution in [1.29, 1.82) is 0 Å². The van der Waals surface area contributed by atoms with Gasteiger partial charge < -0.3 is 20.8 Å². The molecule has 0 aliphatic heterocycles. The molecule has 0 saturated heterocycles. The molecule has 0 aliphatic rings. The van der Waals surface area contributed by atoms with Gasteiger partial charge in [-0.05, 0) is 12.1 Å². The van der Waals surface area contributed by atoms with E-state index in [-0.39, 0.29) is 22.5 Å². The topological polar surface area (TPSA) is 98.7 Å². The quantitative estimate of drug-likeness (QED) is 0.612. The maximum absolute atomic E-state index is 10.9. The molecule has 0 atom stereocenters. The minimum atomic E-state index is -1.11. The first-order chi connectivity index (χ1) is 7.51. The summed E-state index contributed by atoms with van der Waals surface area (Å²) in [6.45, 7) is 0. The van der Waals surface area contributed by atoms with Crippen LogP contribution < -0.4 is 10.6 Å². The highest BCUT2D eigenvalue weighted by molar-refractivity contribution is 6.02. The number of carboxylic acids is 2. The molecule has 16 heavy (non-hydrogen) atoms.